The standard InChI is InChI=1S/C17H13BrN2O/c1-11-10-13(6-7-15(11)18)20-17(21)16-14-5-3-2-4-12(14)8-9-19-16/h2-10H,1H3,(H,20,21). The van der Waals surface area contributed by atoms with Crippen LogP contribution < -0.4 is 5.32 Å². The molecule has 0 fully saturated rings. The van der Waals surface area contributed by atoms with Gasteiger partial charge in [0.05, 0.1) is 0 Å². The minimum Gasteiger partial charge on any atom is -0.321 e. The molecule has 0 radical (unpaired) electrons. The Hall–Kier alpha value is -2.20. The number of aromatic nitrogens is 1. The summed E-state index contributed by atoms with van der Waals surface area (Å²) in [6.07, 6.45) is 1.66. The first kappa shape index (κ1) is 13.8. The van der Waals surface area contributed by atoms with Crippen molar-refractivity contribution in [1.29, 1.82) is 0 Å². The second-order valence-corrected chi connectivity index (χ2v) is 5.65. The number of nitrogens with zero attached hydrogens (tertiary/aromatic N) is 1. The number of hydrogen-bond donors (Lipinski definition) is 1. The van der Waals surface area contributed by atoms with Gasteiger partial charge in [-0.1, -0.05) is 40.2 Å². The molecule has 3 rings (SSSR count). The fraction of sp³-hybridized carbons (Fsp3) is 0.0588. The Kier molecular flexibility index (Phi) is 3.71. The normalized spacial score (nSPS) is 10.6. The van der Waals surface area contributed by atoms with E-state index in [4.69, 9.17) is 0 Å². The van der Waals surface area contributed by atoms with Crippen LogP contribution in [0.2, 0.25) is 0 Å². The van der Waals surface area contributed by atoms with Crippen molar-refractivity contribution in [2.24, 2.45) is 0 Å². The predicted molar refractivity (Wildman–Crippen MR) is 88.6 cm³/mol. The molecule has 0 unspecified atom stereocenters. The van der Waals surface area contributed by atoms with E-state index in [9.17, 15) is 4.79 Å². The van der Waals surface area contributed by atoms with Gasteiger partial charge in [-0.3, -0.25) is 9.78 Å². The minimum atomic E-state index is -0.200. The van der Waals surface area contributed by atoms with Crippen molar-refractivity contribution in [3.63, 3.8) is 0 Å². The number of pyridine rings is 1. The molecule has 104 valence electrons. The van der Waals surface area contributed by atoms with Crippen molar-refractivity contribution >= 4 is 38.3 Å². The van der Waals surface area contributed by atoms with E-state index in [2.05, 4.69) is 26.2 Å². The van der Waals surface area contributed by atoms with Gasteiger partial charge < -0.3 is 5.32 Å². The molecule has 1 aromatic heterocycles. The summed E-state index contributed by atoms with van der Waals surface area (Å²) < 4.78 is 1.02. The highest BCUT2D eigenvalue weighted by atomic mass is 79.9. The van der Waals surface area contributed by atoms with E-state index in [1.165, 1.54) is 0 Å². The molecule has 0 aliphatic carbocycles. The van der Waals surface area contributed by atoms with Crippen molar-refractivity contribution in [1.82, 2.24) is 4.98 Å². The van der Waals surface area contributed by atoms with Crippen LogP contribution in [0.25, 0.3) is 10.8 Å². The number of rotatable bonds is 2. The van der Waals surface area contributed by atoms with E-state index < -0.39 is 0 Å². The van der Waals surface area contributed by atoms with E-state index in [1.807, 2.05) is 55.5 Å². The molecule has 4 heteroatoms. The molecular weight excluding hydrogens is 328 g/mol. The summed E-state index contributed by atoms with van der Waals surface area (Å²) in [6.45, 7) is 1.98. The van der Waals surface area contributed by atoms with Crippen molar-refractivity contribution < 1.29 is 4.79 Å². The Bertz CT molecular complexity index is 825. The van der Waals surface area contributed by atoms with Crippen LogP contribution in [-0.2, 0) is 0 Å². The smallest absolute Gasteiger partial charge is 0.274 e. The maximum atomic E-state index is 12.4. The summed E-state index contributed by atoms with van der Waals surface area (Å²) in [4.78, 5) is 16.7. The average molecular weight is 341 g/mol. The van der Waals surface area contributed by atoms with E-state index in [-0.39, 0.29) is 5.91 Å². The van der Waals surface area contributed by atoms with Crippen LogP contribution in [0.1, 0.15) is 16.1 Å². The second-order valence-electron chi connectivity index (χ2n) is 4.80. The van der Waals surface area contributed by atoms with Gasteiger partial charge >= 0.3 is 0 Å². The van der Waals surface area contributed by atoms with Gasteiger partial charge in [-0.2, -0.15) is 0 Å². The molecule has 2 aromatic carbocycles. The molecule has 1 amide bonds. The molecular formula is C17H13BrN2O. The molecule has 0 aliphatic heterocycles. The summed E-state index contributed by atoms with van der Waals surface area (Å²) in [6, 6.07) is 15.3. The minimum absolute atomic E-state index is 0.200. The van der Waals surface area contributed by atoms with Crippen LogP contribution in [0.3, 0.4) is 0 Å². The second kappa shape index (κ2) is 5.66. The van der Waals surface area contributed by atoms with E-state index in [0.29, 0.717) is 5.69 Å². The highest BCUT2D eigenvalue weighted by Gasteiger charge is 2.11. The number of benzene rings is 2. The predicted octanol–water partition coefficient (Wildman–Crippen LogP) is 4.56. The monoisotopic (exact) mass is 340 g/mol. The quantitative estimate of drug-likeness (QED) is 0.743. The van der Waals surface area contributed by atoms with Gasteiger partial charge in [-0.05, 0) is 42.1 Å². The first-order valence-electron chi connectivity index (χ1n) is 6.56. The third-order valence-corrected chi connectivity index (χ3v) is 4.19. The van der Waals surface area contributed by atoms with E-state index >= 15 is 0 Å². The number of amides is 1. The molecule has 0 bridgehead atoms. The zero-order valence-corrected chi connectivity index (χ0v) is 13.0. The van der Waals surface area contributed by atoms with Crippen molar-refractivity contribution in [2.75, 3.05) is 5.32 Å². The lowest BCUT2D eigenvalue weighted by molar-refractivity contribution is 0.102. The third-order valence-electron chi connectivity index (χ3n) is 3.30. The Morgan fingerprint density at radius 3 is 2.76 bits per heavy atom. The number of anilines is 1. The van der Waals surface area contributed by atoms with Crippen LogP contribution >= 0.6 is 15.9 Å². The first-order valence-corrected chi connectivity index (χ1v) is 7.36. The van der Waals surface area contributed by atoms with Crippen LogP contribution in [0, 0.1) is 6.92 Å². The molecule has 0 saturated carbocycles. The zero-order chi connectivity index (χ0) is 14.8. The van der Waals surface area contributed by atoms with Crippen molar-refractivity contribution in [2.45, 2.75) is 6.92 Å². The maximum Gasteiger partial charge on any atom is 0.274 e. The van der Waals surface area contributed by atoms with Crippen LogP contribution in [0.15, 0.2) is 59.2 Å². The number of hydrogen-bond acceptors (Lipinski definition) is 2. The SMILES string of the molecule is Cc1cc(NC(=O)c2nccc3ccccc23)ccc1Br. The summed E-state index contributed by atoms with van der Waals surface area (Å²) in [5.41, 5.74) is 2.27. The van der Waals surface area contributed by atoms with Crippen LogP contribution in [0.4, 0.5) is 5.69 Å². The number of aryl methyl sites for hydroxylation is 1. The number of halogens is 1. The number of nitrogens with one attached hydrogen (secondary N) is 1. The molecule has 0 spiro atoms. The number of carbonyl (C=O) groups is 1. The number of fused-ring (bicyclic) bond motifs is 1. The molecule has 1 N–H and O–H groups in total. The summed E-state index contributed by atoms with van der Waals surface area (Å²) in [5.74, 6) is -0.200. The molecule has 1 heterocycles. The number of carbonyl (C=O) groups excluding carboxylic acids is 1. The molecule has 3 nitrogen and oxygen atoms in total. The van der Waals surface area contributed by atoms with Crippen LogP contribution in [0.5, 0.6) is 0 Å². The zero-order valence-electron chi connectivity index (χ0n) is 11.4. The topological polar surface area (TPSA) is 42.0 Å². The lowest BCUT2D eigenvalue weighted by Gasteiger charge is -2.08. The maximum absolute atomic E-state index is 12.4. The summed E-state index contributed by atoms with van der Waals surface area (Å²) in [7, 11) is 0. The van der Waals surface area contributed by atoms with Gasteiger partial charge in [-0.15, -0.1) is 0 Å². The third kappa shape index (κ3) is 2.81. The molecule has 0 atom stereocenters. The van der Waals surface area contributed by atoms with Gasteiger partial charge in [0, 0.05) is 21.7 Å². The van der Waals surface area contributed by atoms with Gasteiger partial charge in [0.1, 0.15) is 5.69 Å². The highest BCUT2D eigenvalue weighted by molar-refractivity contribution is 9.10. The fourth-order valence-electron chi connectivity index (χ4n) is 2.21. The Morgan fingerprint density at radius 2 is 1.95 bits per heavy atom. The van der Waals surface area contributed by atoms with Gasteiger partial charge in [0.15, 0.2) is 0 Å². The van der Waals surface area contributed by atoms with E-state index in [0.717, 1.165) is 26.5 Å². The van der Waals surface area contributed by atoms with Crippen molar-refractivity contribution in [3.05, 3.63) is 70.5 Å². The molecule has 3 aromatic rings. The summed E-state index contributed by atoms with van der Waals surface area (Å²) in [5, 5.41) is 4.75. The molecule has 0 saturated heterocycles. The fourth-order valence-corrected chi connectivity index (χ4v) is 2.46. The molecule has 21 heavy (non-hydrogen) atoms. The first-order chi connectivity index (χ1) is 10.1. The van der Waals surface area contributed by atoms with E-state index in [1.54, 1.807) is 6.20 Å². The average Bonchev–Trinajstić information content (AvgIpc) is 2.50. The Balaban J connectivity index is 1.95. The Labute approximate surface area is 131 Å². The lowest BCUT2D eigenvalue weighted by atomic mass is 10.1. The highest BCUT2D eigenvalue weighted by Crippen LogP contribution is 2.21. The van der Waals surface area contributed by atoms with Gasteiger partial charge in [0.2, 0.25) is 0 Å². The lowest BCUT2D eigenvalue weighted by Crippen LogP contribution is -2.14. The van der Waals surface area contributed by atoms with Gasteiger partial charge in [0.25, 0.3) is 5.91 Å². The van der Waals surface area contributed by atoms with Crippen LogP contribution in [-0.4, -0.2) is 10.9 Å². The summed E-state index contributed by atoms with van der Waals surface area (Å²) >= 11 is 3.45. The van der Waals surface area contributed by atoms with Gasteiger partial charge in [-0.25, -0.2) is 0 Å². The molecule has 0 aliphatic rings. The largest absolute Gasteiger partial charge is 0.321 e. The Morgan fingerprint density at radius 1 is 1.14 bits per heavy atom. The van der Waals surface area contributed by atoms with Crippen molar-refractivity contribution in [3.8, 4) is 0 Å².